The number of hydrogen-bond acceptors (Lipinski definition) is 5. The van der Waals surface area contributed by atoms with Gasteiger partial charge in [0.2, 0.25) is 0 Å². The lowest BCUT2D eigenvalue weighted by Crippen LogP contribution is -2.27. The molecule has 1 aromatic heterocycles. The molecule has 0 aliphatic carbocycles. The van der Waals surface area contributed by atoms with Gasteiger partial charge in [-0.3, -0.25) is 14.9 Å². The molecule has 0 spiro atoms. The van der Waals surface area contributed by atoms with E-state index in [4.69, 9.17) is 0 Å². The molecular weight excluding hydrogens is 380 g/mol. The molecule has 2 aromatic carbocycles. The monoisotopic (exact) mass is 398 g/mol. The van der Waals surface area contributed by atoms with E-state index in [-0.39, 0.29) is 17.6 Å². The number of amides is 1. The van der Waals surface area contributed by atoms with Gasteiger partial charge in [0.05, 0.1) is 16.5 Å². The molecule has 138 valence electrons. The van der Waals surface area contributed by atoms with Crippen LogP contribution in [0.5, 0.6) is 0 Å². The van der Waals surface area contributed by atoms with Crippen LogP contribution >= 0.6 is 23.1 Å². The van der Waals surface area contributed by atoms with Crippen LogP contribution in [0.4, 0.5) is 5.69 Å². The number of nitro groups is 1. The van der Waals surface area contributed by atoms with E-state index in [1.54, 1.807) is 41.3 Å². The smallest absolute Gasteiger partial charge is 0.269 e. The van der Waals surface area contributed by atoms with Gasteiger partial charge in [-0.05, 0) is 36.1 Å². The van der Waals surface area contributed by atoms with Crippen molar-refractivity contribution in [1.82, 2.24) is 5.32 Å². The van der Waals surface area contributed by atoms with Gasteiger partial charge in [0.1, 0.15) is 0 Å². The highest BCUT2D eigenvalue weighted by molar-refractivity contribution is 7.98. The Kier molecular flexibility index (Phi) is 6.26. The van der Waals surface area contributed by atoms with Crippen molar-refractivity contribution in [3.05, 3.63) is 92.2 Å². The first-order valence-corrected chi connectivity index (χ1v) is 10.2. The maximum Gasteiger partial charge on any atom is 0.269 e. The van der Waals surface area contributed by atoms with Crippen LogP contribution in [0.2, 0.25) is 0 Å². The number of carbonyl (C=O) groups excluding carboxylic acids is 1. The third kappa shape index (κ3) is 4.96. The fraction of sp³-hybridized carbons (Fsp3) is 0.150. The number of nitro benzene ring substituents is 1. The number of non-ortho nitro benzene ring substituents is 1. The fourth-order valence-corrected chi connectivity index (χ4v) is 4.41. The zero-order valence-corrected chi connectivity index (χ0v) is 16.3. The summed E-state index contributed by atoms with van der Waals surface area (Å²) < 4.78 is 0. The molecule has 0 saturated heterocycles. The number of hydrogen-bond donors (Lipinski definition) is 1. The number of thioether (sulfide) groups is 1. The second-order valence-electron chi connectivity index (χ2n) is 5.91. The van der Waals surface area contributed by atoms with E-state index in [1.807, 2.05) is 36.6 Å². The summed E-state index contributed by atoms with van der Waals surface area (Å²) in [5.74, 6) is 0.617. The van der Waals surface area contributed by atoms with Crippen LogP contribution in [0.15, 0.2) is 70.9 Å². The van der Waals surface area contributed by atoms with Crippen molar-refractivity contribution in [3.8, 4) is 0 Å². The first-order valence-electron chi connectivity index (χ1n) is 8.34. The van der Waals surface area contributed by atoms with Crippen LogP contribution in [0.3, 0.4) is 0 Å². The maximum absolute atomic E-state index is 12.8. The van der Waals surface area contributed by atoms with E-state index < -0.39 is 4.92 Å². The van der Waals surface area contributed by atoms with Gasteiger partial charge in [-0.2, -0.15) is 0 Å². The number of thiophene rings is 1. The zero-order valence-electron chi connectivity index (χ0n) is 14.6. The minimum atomic E-state index is -0.436. The summed E-state index contributed by atoms with van der Waals surface area (Å²) >= 11 is 3.31. The van der Waals surface area contributed by atoms with Crippen molar-refractivity contribution in [1.29, 1.82) is 0 Å². The largest absolute Gasteiger partial charge is 0.345 e. The van der Waals surface area contributed by atoms with Crippen LogP contribution in [0.25, 0.3) is 0 Å². The highest BCUT2D eigenvalue weighted by Crippen LogP contribution is 2.28. The minimum Gasteiger partial charge on any atom is -0.345 e. The summed E-state index contributed by atoms with van der Waals surface area (Å²) in [5.41, 5.74) is 1.32. The van der Waals surface area contributed by atoms with E-state index in [9.17, 15) is 14.9 Å². The summed E-state index contributed by atoms with van der Waals surface area (Å²) in [7, 11) is 0. The lowest BCUT2D eigenvalue weighted by molar-refractivity contribution is -0.384. The van der Waals surface area contributed by atoms with Crippen molar-refractivity contribution >= 4 is 34.7 Å². The molecule has 1 amide bonds. The van der Waals surface area contributed by atoms with Gasteiger partial charge >= 0.3 is 0 Å². The molecule has 0 aliphatic heterocycles. The van der Waals surface area contributed by atoms with Crippen LogP contribution in [-0.4, -0.2) is 10.8 Å². The van der Waals surface area contributed by atoms with Crippen molar-refractivity contribution in [2.75, 3.05) is 0 Å². The highest BCUT2D eigenvalue weighted by atomic mass is 32.2. The zero-order chi connectivity index (χ0) is 19.2. The predicted octanol–water partition coefficient (Wildman–Crippen LogP) is 5.44. The van der Waals surface area contributed by atoms with Crippen molar-refractivity contribution in [3.63, 3.8) is 0 Å². The Morgan fingerprint density at radius 2 is 2.00 bits per heavy atom. The van der Waals surface area contributed by atoms with Gasteiger partial charge in [-0.15, -0.1) is 23.1 Å². The third-order valence-corrected chi connectivity index (χ3v) is 6.19. The molecule has 1 heterocycles. The van der Waals surface area contributed by atoms with Gasteiger partial charge in [-0.25, -0.2) is 0 Å². The molecule has 3 aromatic rings. The summed E-state index contributed by atoms with van der Waals surface area (Å²) in [6.45, 7) is 1.82. The lowest BCUT2D eigenvalue weighted by atomic mass is 10.1. The van der Waals surface area contributed by atoms with Crippen molar-refractivity contribution in [2.45, 2.75) is 23.6 Å². The van der Waals surface area contributed by atoms with E-state index >= 15 is 0 Å². The van der Waals surface area contributed by atoms with Crippen molar-refractivity contribution < 1.29 is 9.72 Å². The summed E-state index contributed by atoms with van der Waals surface area (Å²) in [6, 6.07) is 17.6. The maximum atomic E-state index is 12.8. The summed E-state index contributed by atoms with van der Waals surface area (Å²) in [6.07, 6.45) is 0. The lowest BCUT2D eigenvalue weighted by Gasteiger charge is -2.16. The highest BCUT2D eigenvalue weighted by Gasteiger charge is 2.16. The Bertz CT molecular complexity index is 942. The van der Waals surface area contributed by atoms with E-state index in [0.29, 0.717) is 11.1 Å². The third-order valence-electron chi connectivity index (χ3n) is 4.01. The summed E-state index contributed by atoms with van der Waals surface area (Å²) in [4.78, 5) is 25.4. The van der Waals surface area contributed by atoms with Crippen molar-refractivity contribution in [2.24, 2.45) is 0 Å². The predicted molar refractivity (Wildman–Crippen MR) is 109 cm³/mol. The normalized spacial score (nSPS) is 11.7. The molecule has 0 radical (unpaired) electrons. The van der Waals surface area contributed by atoms with E-state index in [2.05, 4.69) is 11.4 Å². The number of benzene rings is 2. The standard InChI is InChI=1S/C20H18N2O3S2/c1-14(15-6-4-7-16(12-15)22(24)25)21-20(23)18-9-2-3-10-19(18)27-13-17-8-5-11-26-17/h2-12,14H,13H2,1H3,(H,21,23). The minimum absolute atomic E-state index is 0.0144. The molecule has 0 saturated carbocycles. The Morgan fingerprint density at radius 3 is 2.74 bits per heavy atom. The first-order chi connectivity index (χ1) is 13.0. The van der Waals surface area contributed by atoms with Crippen LogP contribution < -0.4 is 5.32 Å². The molecule has 0 aliphatic rings. The molecule has 0 fully saturated rings. The summed E-state index contributed by atoms with van der Waals surface area (Å²) in [5, 5.41) is 15.9. The Hall–Kier alpha value is -2.64. The van der Waals surface area contributed by atoms with E-state index in [1.165, 1.54) is 17.0 Å². The average Bonchev–Trinajstić information content (AvgIpc) is 3.20. The quantitative estimate of drug-likeness (QED) is 0.327. The molecule has 7 heteroatoms. The van der Waals surface area contributed by atoms with Gasteiger partial charge in [-0.1, -0.05) is 30.3 Å². The first kappa shape index (κ1) is 19.1. The van der Waals surface area contributed by atoms with Crippen LogP contribution in [-0.2, 0) is 5.75 Å². The molecule has 5 nitrogen and oxygen atoms in total. The topological polar surface area (TPSA) is 72.2 Å². The van der Waals surface area contributed by atoms with Gasteiger partial charge in [0.25, 0.3) is 11.6 Å². The van der Waals surface area contributed by atoms with Gasteiger partial charge < -0.3 is 5.32 Å². The molecule has 3 rings (SSSR count). The van der Waals surface area contributed by atoms with Gasteiger partial charge in [0, 0.05) is 27.7 Å². The van der Waals surface area contributed by atoms with Crippen LogP contribution in [0.1, 0.15) is 33.8 Å². The Labute approximate surface area is 165 Å². The molecule has 1 atom stereocenters. The van der Waals surface area contributed by atoms with E-state index in [0.717, 1.165) is 10.6 Å². The Balaban J connectivity index is 1.72. The molecule has 1 unspecified atom stereocenters. The van der Waals surface area contributed by atoms with Gasteiger partial charge in [0.15, 0.2) is 0 Å². The SMILES string of the molecule is CC(NC(=O)c1ccccc1SCc1cccs1)c1cccc([N+](=O)[O-])c1. The average molecular weight is 399 g/mol. The molecule has 0 bridgehead atoms. The molecule has 1 N–H and O–H groups in total. The Morgan fingerprint density at radius 1 is 1.19 bits per heavy atom. The fourth-order valence-electron chi connectivity index (χ4n) is 2.59. The van der Waals surface area contributed by atoms with Crippen LogP contribution in [0, 0.1) is 10.1 Å². The molecule has 27 heavy (non-hydrogen) atoms. The second kappa shape index (κ2) is 8.83. The second-order valence-corrected chi connectivity index (χ2v) is 7.96. The number of carbonyl (C=O) groups is 1. The number of rotatable bonds is 7. The number of nitrogens with one attached hydrogen (secondary N) is 1. The molecular formula is C20H18N2O3S2. The number of nitrogens with zero attached hydrogens (tertiary/aromatic N) is 1.